The first-order valence-electron chi connectivity index (χ1n) is 5.78. The van der Waals surface area contributed by atoms with E-state index in [2.05, 4.69) is 11.4 Å². The molecule has 0 saturated carbocycles. The third-order valence-electron chi connectivity index (χ3n) is 2.71. The lowest BCUT2D eigenvalue weighted by molar-refractivity contribution is -0.114. The molecule has 2 aromatic carbocycles. The van der Waals surface area contributed by atoms with E-state index < -0.39 is 0 Å². The van der Waals surface area contributed by atoms with E-state index in [-0.39, 0.29) is 5.91 Å². The van der Waals surface area contributed by atoms with Crippen molar-refractivity contribution in [1.82, 2.24) is 0 Å². The Balaban J connectivity index is 2.33. The number of anilines is 2. The van der Waals surface area contributed by atoms with E-state index in [1.54, 1.807) is 24.3 Å². The number of nitrogen functional groups attached to an aromatic ring is 1. The molecular formula is C15H13N3O. The number of nitrogens with one attached hydrogen (secondary N) is 1. The van der Waals surface area contributed by atoms with E-state index in [1.807, 2.05) is 18.2 Å². The number of hydrogen-bond acceptors (Lipinski definition) is 3. The molecule has 0 aliphatic rings. The largest absolute Gasteiger partial charge is 0.397 e. The van der Waals surface area contributed by atoms with E-state index in [0.29, 0.717) is 16.9 Å². The Hall–Kier alpha value is -2.80. The molecule has 19 heavy (non-hydrogen) atoms. The summed E-state index contributed by atoms with van der Waals surface area (Å²) in [5, 5.41) is 11.4. The highest BCUT2D eigenvalue weighted by atomic mass is 16.1. The smallest absolute Gasteiger partial charge is 0.221 e. The molecule has 1 amide bonds. The topological polar surface area (TPSA) is 78.9 Å². The van der Waals surface area contributed by atoms with E-state index in [1.165, 1.54) is 6.92 Å². The number of hydrogen-bond donors (Lipinski definition) is 2. The van der Waals surface area contributed by atoms with E-state index in [0.717, 1.165) is 11.1 Å². The van der Waals surface area contributed by atoms with Crippen LogP contribution in [0.15, 0.2) is 42.5 Å². The minimum absolute atomic E-state index is 0.155. The van der Waals surface area contributed by atoms with E-state index in [4.69, 9.17) is 11.0 Å². The molecule has 0 saturated heterocycles. The maximum Gasteiger partial charge on any atom is 0.221 e. The van der Waals surface area contributed by atoms with Gasteiger partial charge in [0.25, 0.3) is 0 Å². The molecule has 0 radical (unpaired) electrons. The third kappa shape index (κ3) is 2.90. The van der Waals surface area contributed by atoms with Gasteiger partial charge in [-0.25, -0.2) is 0 Å². The summed E-state index contributed by atoms with van der Waals surface area (Å²) >= 11 is 0. The average Bonchev–Trinajstić information content (AvgIpc) is 2.41. The first-order valence-corrected chi connectivity index (χ1v) is 5.78. The fourth-order valence-corrected chi connectivity index (χ4v) is 1.78. The van der Waals surface area contributed by atoms with Crippen molar-refractivity contribution in [3.8, 4) is 17.2 Å². The van der Waals surface area contributed by atoms with Crippen LogP contribution < -0.4 is 11.1 Å². The van der Waals surface area contributed by atoms with Crippen molar-refractivity contribution in [3.63, 3.8) is 0 Å². The number of amides is 1. The molecule has 0 atom stereocenters. The van der Waals surface area contributed by atoms with Gasteiger partial charge in [-0.15, -0.1) is 0 Å². The van der Waals surface area contributed by atoms with Crippen LogP contribution in [0.2, 0.25) is 0 Å². The predicted octanol–water partition coefficient (Wildman–Crippen LogP) is 2.77. The lowest BCUT2D eigenvalue weighted by atomic mass is 10.0. The fourth-order valence-electron chi connectivity index (χ4n) is 1.78. The maximum absolute atomic E-state index is 11.0. The van der Waals surface area contributed by atoms with Crippen molar-refractivity contribution in [1.29, 1.82) is 5.26 Å². The van der Waals surface area contributed by atoms with Crippen molar-refractivity contribution in [2.45, 2.75) is 6.92 Å². The maximum atomic E-state index is 11.0. The predicted molar refractivity (Wildman–Crippen MR) is 75.3 cm³/mol. The van der Waals surface area contributed by atoms with Gasteiger partial charge in [0.15, 0.2) is 0 Å². The molecule has 0 bridgehead atoms. The zero-order chi connectivity index (χ0) is 13.8. The van der Waals surface area contributed by atoms with Crippen molar-refractivity contribution >= 4 is 17.3 Å². The van der Waals surface area contributed by atoms with Crippen LogP contribution in [0.1, 0.15) is 12.5 Å². The monoisotopic (exact) mass is 251 g/mol. The summed E-state index contributed by atoms with van der Waals surface area (Å²) in [7, 11) is 0. The van der Waals surface area contributed by atoms with E-state index in [9.17, 15) is 4.79 Å². The Kier molecular flexibility index (Phi) is 3.48. The summed E-state index contributed by atoms with van der Waals surface area (Å²) in [6, 6.07) is 14.8. The van der Waals surface area contributed by atoms with Crippen LogP contribution in [0.3, 0.4) is 0 Å². The Morgan fingerprint density at radius 2 is 1.79 bits per heavy atom. The van der Waals surface area contributed by atoms with Gasteiger partial charge in [0, 0.05) is 6.92 Å². The highest BCUT2D eigenvalue weighted by Gasteiger charge is 2.04. The van der Waals surface area contributed by atoms with Gasteiger partial charge in [-0.2, -0.15) is 5.26 Å². The molecule has 4 nitrogen and oxygen atoms in total. The fraction of sp³-hybridized carbons (Fsp3) is 0.0667. The van der Waals surface area contributed by atoms with Crippen molar-refractivity contribution in [2.24, 2.45) is 0 Å². The molecule has 94 valence electrons. The molecule has 2 aromatic rings. The second-order valence-corrected chi connectivity index (χ2v) is 4.17. The normalized spacial score (nSPS) is 9.68. The molecule has 2 rings (SSSR count). The van der Waals surface area contributed by atoms with Gasteiger partial charge >= 0.3 is 0 Å². The van der Waals surface area contributed by atoms with Crippen molar-refractivity contribution < 1.29 is 4.79 Å². The molecule has 0 spiro atoms. The van der Waals surface area contributed by atoms with Crippen LogP contribution in [-0.4, -0.2) is 5.91 Å². The Bertz CT molecular complexity index is 654. The van der Waals surface area contributed by atoms with Gasteiger partial charge in [0.05, 0.1) is 23.0 Å². The zero-order valence-electron chi connectivity index (χ0n) is 10.5. The van der Waals surface area contributed by atoms with Gasteiger partial charge in [0.2, 0.25) is 5.91 Å². The number of carbonyl (C=O) groups excluding carboxylic acids is 1. The summed E-state index contributed by atoms with van der Waals surface area (Å²) in [5.74, 6) is -0.155. The summed E-state index contributed by atoms with van der Waals surface area (Å²) in [6.07, 6.45) is 0. The second kappa shape index (κ2) is 5.23. The number of carbonyl (C=O) groups is 1. The SMILES string of the molecule is CC(=O)Nc1ccc(-c2ccc(C#N)cc2)cc1N. The Morgan fingerprint density at radius 1 is 1.16 bits per heavy atom. The molecule has 0 fully saturated rings. The van der Waals surface area contributed by atoms with Crippen LogP contribution in [0.25, 0.3) is 11.1 Å². The van der Waals surface area contributed by atoms with Gasteiger partial charge in [-0.3, -0.25) is 4.79 Å². The second-order valence-electron chi connectivity index (χ2n) is 4.17. The Morgan fingerprint density at radius 3 is 2.32 bits per heavy atom. The molecular weight excluding hydrogens is 238 g/mol. The van der Waals surface area contributed by atoms with Crippen LogP contribution in [0.5, 0.6) is 0 Å². The van der Waals surface area contributed by atoms with Crippen molar-refractivity contribution in [2.75, 3.05) is 11.1 Å². The summed E-state index contributed by atoms with van der Waals surface area (Å²) < 4.78 is 0. The number of rotatable bonds is 2. The summed E-state index contributed by atoms with van der Waals surface area (Å²) in [5.41, 5.74) is 9.54. The highest BCUT2D eigenvalue weighted by molar-refractivity contribution is 5.93. The average molecular weight is 251 g/mol. The number of nitrogens with two attached hydrogens (primary N) is 1. The lowest BCUT2D eigenvalue weighted by Crippen LogP contribution is -2.07. The standard InChI is InChI=1S/C15H13N3O/c1-10(19)18-15-7-6-13(8-14(15)17)12-4-2-11(9-16)3-5-12/h2-8H,17H2,1H3,(H,18,19). The zero-order valence-corrected chi connectivity index (χ0v) is 10.5. The summed E-state index contributed by atoms with van der Waals surface area (Å²) in [6.45, 7) is 1.44. The van der Waals surface area contributed by atoms with Gasteiger partial charge < -0.3 is 11.1 Å². The van der Waals surface area contributed by atoms with E-state index >= 15 is 0 Å². The van der Waals surface area contributed by atoms with Crippen LogP contribution in [-0.2, 0) is 4.79 Å². The van der Waals surface area contributed by atoms with Gasteiger partial charge in [0.1, 0.15) is 0 Å². The lowest BCUT2D eigenvalue weighted by Gasteiger charge is -2.09. The van der Waals surface area contributed by atoms with Crippen LogP contribution in [0.4, 0.5) is 11.4 Å². The highest BCUT2D eigenvalue weighted by Crippen LogP contribution is 2.27. The Labute approximate surface area is 111 Å². The van der Waals surface area contributed by atoms with Gasteiger partial charge in [-0.1, -0.05) is 18.2 Å². The van der Waals surface area contributed by atoms with Gasteiger partial charge in [-0.05, 0) is 35.4 Å². The van der Waals surface area contributed by atoms with Crippen LogP contribution >= 0.6 is 0 Å². The molecule has 3 N–H and O–H groups in total. The molecule has 0 aliphatic carbocycles. The van der Waals surface area contributed by atoms with Crippen LogP contribution in [0, 0.1) is 11.3 Å². The number of benzene rings is 2. The van der Waals surface area contributed by atoms with Crippen molar-refractivity contribution in [3.05, 3.63) is 48.0 Å². The number of nitriles is 1. The molecule has 0 aliphatic heterocycles. The third-order valence-corrected chi connectivity index (χ3v) is 2.71. The molecule has 0 aromatic heterocycles. The first-order chi connectivity index (χ1) is 9.10. The number of nitrogens with zero attached hydrogens (tertiary/aromatic N) is 1. The first kappa shape index (κ1) is 12.7. The summed E-state index contributed by atoms with van der Waals surface area (Å²) in [4.78, 5) is 11.0. The molecule has 4 heteroatoms. The molecule has 0 heterocycles. The molecule has 0 unspecified atom stereocenters. The minimum atomic E-state index is -0.155. The minimum Gasteiger partial charge on any atom is -0.397 e. The quantitative estimate of drug-likeness (QED) is 0.805.